The number of carbonyl (C=O) groups is 2. The number of aromatic nitrogens is 1. The number of nitrogen functional groups attached to an aromatic ring is 1. The smallest absolute Gasteiger partial charge is 0.267 e. The Labute approximate surface area is 146 Å². The van der Waals surface area contributed by atoms with Gasteiger partial charge in [0.05, 0.1) is 11.4 Å². The number of hydrogen-bond donors (Lipinski definition) is 2. The molecule has 0 fully saturated rings. The topological polar surface area (TPSA) is 85.1 Å². The van der Waals surface area contributed by atoms with Gasteiger partial charge in [0.2, 0.25) is 0 Å². The molecule has 1 amide bonds. The van der Waals surface area contributed by atoms with Gasteiger partial charge >= 0.3 is 0 Å². The number of amides is 1. The maximum Gasteiger partial charge on any atom is 0.267 e. The number of fused-ring (bicyclic) bond motifs is 2. The first-order valence-corrected chi connectivity index (χ1v) is 8.66. The van der Waals surface area contributed by atoms with Crippen LogP contribution in [0, 0.1) is 5.82 Å². The van der Waals surface area contributed by atoms with Crippen molar-refractivity contribution in [1.82, 2.24) is 4.98 Å². The monoisotopic (exact) mass is 355 g/mol. The van der Waals surface area contributed by atoms with Crippen molar-refractivity contribution in [2.24, 2.45) is 0 Å². The van der Waals surface area contributed by atoms with Gasteiger partial charge in [-0.3, -0.25) is 9.59 Å². The molecular weight excluding hydrogens is 341 g/mol. The van der Waals surface area contributed by atoms with Crippen LogP contribution >= 0.6 is 11.3 Å². The van der Waals surface area contributed by atoms with E-state index >= 15 is 0 Å². The molecule has 2 heterocycles. The average molecular weight is 355 g/mol. The first kappa shape index (κ1) is 15.7. The molecule has 0 bridgehead atoms. The maximum absolute atomic E-state index is 13.3. The predicted molar refractivity (Wildman–Crippen MR) is 95.7 cm³/mol. The Morgan fingerprint density at radius 1 is 1.28 bits per heavy atom. The summed E-state index contributed by atoms with van der Waals surface area (Å²) in [7, 11) is 0. The number of thiophene rings is 1. The van der Waals surface area contributed by atoms with Gasteiger partial charge in [-0.2, -0.15) is 0 Å². The number of anilines is 2. The Bertz CT molecular complexity index is 1030. The third kappa shape index (κ3) is 2.76. The number of carbonyl (C=O) groups excluding carboxylic acids is 2. The van der Waals surface area contributed by atoms with E-state index in [1.165, 1.54) is 29.5 Å². The lowest BCUT2D eigenvalue weighted by Gasteiger charge is -2.13. The maximum atomic E-state index is 13.3. The van der Waals surface area contributed by atoms with Crippen molar-refractivity contribution in [3.8, 4) is 0 Å². The van der Waals surface area contributed by atoms with E-state index in [0.29, 0.717) is 38.5 Å². The highest BCUT2D eigenvalue weighted by atomic mass is 32.1. The van der Waals surface area contributed by atoms with Crippen LogP contribution in [0.15, 0.2) is 30.3 Å². The van der Waals surface area contributed by atoms with E-state index in [-0.39, 0.29) is 5.78 Å². The lowest BCUT2D eigenvalue weighted by Crippen LogP contribution is -2.12. The van der Waals surface area contributed by atoms with Crippen LogP contribution in [0.5, 0.6) is 0 Å². The largest absolute Gasteiger partial charge is 0.397 e. The molecule has 7 heteroatoms. The summed E-state index contributed by atoms with van der Waals surface area (Å²) in [5.74, 6) is -0.794. The van der Waals surface area contributed by atoms with E-state index < -0.39 is 11.7 Å². The highest BCUT2D eigenvalue weighted by molar-refractivity contribution is 7.21. The molecule has 0 aliphatic heterocycles. The minimum Gasteiger partial charge on any atom is -0.397 e. The van der Waals surface area contributed by atoms with Gasteiger partial charge in [-0.15, -0.1) is 11.3 Å². The number of benzene rings is 1. The predicted octanol–water partition coefficient (Wildman–Crippen LogP) is 3.79. The molecule has 126 valence electrons. The zero-order chi connectivity index (χ0) is 17.6. The second kappa shape index (κ2) is 5.93. The van der Waals surface area contributed by atoms with Crippen molar-refractivity contribution >= 4 is 44.6 Å². The lowest BCUT2D eigenvalue weighted by molar-refractivity contribution is 0.0970. The summed E-state index contributed by atoms with van der Waals surface area (Å²) < 4.78 is 13.3. The van der Waals surface area contributed by atoms with Gasteiger partial charge in [-0.1, -0.05) is 6.07 Å². The van der Waals surface area contributed by atoms with E-state index in [2.05, 4.69) is 10.3 Å². The summed E-state index contributed by atoms with van der Waals surface area (Å²) in [5, 5.41) is 3.25. The number of nitrogens with zero attached hydrogens (tertiary/aromatic N) is 1. The lowest BCUT2D eigenvalue weighted by atomic mass is 9.94. The van der Waals surface area contributed by atoms with Crippen LogP contribution in [-0.4, -0.2) is 16.7 Å². The molecule has 0 saturated carbocycles. The van der Waals surface area contributed by atoms with Crippen LogP contribution in [0.3, 0.4) is 0 Å². The normalized spacial score (nSPS) is 13.7. The summed E-state index contributed by atoms with van der Waals surface area (Å²) in [6, 6.07) is 7.39. The van der Waals surface area contributed by atoms with Crippen molar-refractivity contribution in [3.05, 3.63) is 52.3 Å². The minimum atomic E-state index is -0.435. The Balaban J connectivity index is 1.74. The van der Waals surface area contributed by atoms with Gasteiger partial charge in [0.25, 0.3) is 5.91 Å². The zero-order valence-electron chi connectivity index (χ0n) is 13.1. The van der Waals surface area contributed by atoms with E-state index in [0.717, 1.165) is 18.5 Å². The van der Waals surface area contributed by atoms with Crippen LogP contribution in [0.25, 0.3) is 10.2 Å². The number of halogens is 1. The van der Waals surface area contributed by atoms with Crippen molar-refractivity contribution in [3.63, 3.8) is 0 Å². The summed E-state index contributed by atoms with van der Waals surface area (Å²) in [4.78, 5) is 30.0. The van der Waals surface area contributed by atoms with Crippen molar-refractivity contribution in [2.45, 2.75) is 19.3 Å². The molecule has 25 heavy (non-hydrogen) atoms. The average Bonchev–Trinajstić information content (AvgIpc) is 2.90. The molecule has 1 aliphatic carbocycles. The highest BCUT2D eigenvalue weighted by Crippen LogP contribution is 2.35. The molecule has 3 aromatic rings. The van der Waals surface area contributed by atoms with Gasteiger partial charge < -0.3 is 11.1 Å². The molecule has 0 saturated heterocycles. The van der Waals surface area contributed by atoms with E-state index in [4.69, 9.17) is 5.73 Å². The standard InChI is InChI=1S/C18H14FN3O2S/c19-9-3-1-4-10(7-9)21-17(24)16-15(20)12-8-11-13(22-18(12)25-16)5-2-6-14(11)23/h1,3-4,7-8H,2,5-6,20H2,(H,21,24). The van der Waals surface area contributed by atoms with Crippen molar-refractivity contribution in [2.75, 3.05) is 11.1 Å². The number of nitrogens with two attached hydrogens (primary N) is 1. The molecule has 4 rings (SSSR count). The van der Waals surface area contributed by atoms with Crippen LogP contribution in [-0.2, 0) is 6.42 Å². The van der Waals surface area contributed by atoms with Gasteiger partial charge in [0.1, 0.15) is 15.5 Å². The quantitative estimate of drug-likeness (QED) is 0.732. The number of pyridine rings is 1. The Morgan fingerprint density at radius 2 is 2.12 bits per heavy atom. The molecule has 2 aromatic heterocycles. The summed E-state index contributed by atoms with van der Waals surface area (Å²) in [6.45, 7) is 0. The molecule has 1 aromatic carbocycles. The molecule has 0 unspecified atom stereocenters. The number of hydrogen-bond acceptors (Lipinski definition) is 5. The van der Waals surface area contributed by atoms with E-state index in [1.54, 1.807) is 12.1 Å². The first-order chi connectivity index (χ1) is 12.0. The van der Waals surface area contributed by atoms with Gasteiger partial charge in [0.15, 0.2) is 5.78 Å². The molecular formula is C18H14FN3O2S. The molecule has 0 atom stereocenters. The Hall–Kier alpha value is -2.80. The number of Topliss-reactive ketones (excluding diaryl/α,β-unsaturated/α-hetero) is 1. The second-order valence-corrected chi connectivity index (χ2v) is 6.92. The van der Waals surface area contributed by atoms with Gasteiger partial charge in [-0.05, 0) is 37.1 Å². The molecule has 0 radical (unpaired) electrons. The van der Waals surface area contributed by atoms with Crippen LogP contribution in [0.2, 0.25) is 0 Å². The molecule has 3 N–H and O–H groups in total. The highest BCUT2D eigenvalue weighted by Gasteiger charge is 2.23. The van der Waals surface area contributed by atoms with E-state index in [1.807, 2.05) is 0 Å². The SMILES string of the molecule is Nc1c(C(=O)Nc2cccc(F)c2)sc2nc3c(cc12)C(=O)CCC3. The third-order valence-corrected chi connectivity index (χ3v) is 5.32. The molecule has 5 nitrogen and oxygen atoms in total. The number of aryl methyl sites for hydroxylation is 1. The van der Waals surface area contributed by atoms with Gasteiger partial charge in [0, 0.05) is 23.1 Å². The summed E-state index contributed by atoms with van der Waals surface area (Å²) in [6.07, 6.45) is 2.05. The number of rotatable bonds is 2. The van der Waals surface area contributed by atoms with Gasteiger partial charge in [-0.25, -0.2) is 9.37 Å². The minimum absolute atomic E-state index is 0.0620. The van der Waals surface area contributed by atoms with Crippen LogP contribution < -0.4 is 11.1 Å². The molecule has 0 spiro atoms. The van der Waals surface area contributed by atoms with E-state index in [9.17, 15) is 14.0 Å². The van der Waals surface area contributed by atoms with Crippen molar-refractivity contribution < 1.29 is 14.0 Å². The van der Waals surface area contributed by atoms with Crippen LogP contribution in [0.1, 0.15) is 38.6 Å². The molecule has 1 aliphatic rings. The Morgan fingerprint density at radius 3 is 2.92 bits per heavy atom. The fourth-order valence-electron chi connectivity index (χ4n) is 2.98. The number of ketones is 1. The summed E-state index contributed by atoms with van der Waals surface area (Å²) in [5.41, 5.74) is 8.13. The van der Waals surface area contributed by atoms with Crippen LogP contribution in [0.4, 0.5) is 15.8 Å². The third-order valence-electron chi connectivity index (χ3n) is 4.21. The fourth-order valence-corrected chi connectivity index (χ4v) is 3.97. The first-order valence-electron chi connectivity index (χ1n) is 7.85. The summed E-state index contributed by atoms with van der Waals surface area (Å²) >= 11 is 1.18. The Kier molecular flexibility index (Phi) is 3.73. The second-order valence-electron chi connectivity index (χ2n) is 5.92. The fraction of sp³-hybridized carbons (Fsp3) is 0.167. The van der Waals surface area contributed by atoms with Crippen molar-refractivity contribution in [1.29, 1.82) is 0 Å². The zero-order valence-corrected chi connectivity index (χ0v) is 14.0. The number of nitrogens with one attached hydrogen (secondary N) is 1.